The fourth-order valence-corrected chi connectivity index (χ4v) is 1.91. The highest BCUT2D eigenvalue weighted by molar-refractivity contribution is 5.71. The van der Waals surface area contributed by atoms with Gasteiger partial charge in [0.15, 0.2) is 0 Å². The van der Waals surface area contributed by atoms with Crippen LogP contribution in [0.4, 0.5) is 0 Å². The lowest BCUT2D eigenvalue weighted by molar-refractivity contribution is -0.144. The van der Waals surface area contributed by atoms with Crippen LogP contribution >= 0.6 is 0 Å². The molecule has 0 bridgehead atoms. The molecule has 0 aliphatic heterocycles. The van der Waals surface area contributed by atoms with E-state index < -0.39 is 0 Å². The molecule has 0 saturated heterocycles. The molecule has 4 heteroatoms. The maximum Gasteiger partial charge on any atom is 0.320 e. The number of carbonyl (C=O) groups excluding carboxylic acids is 1. The molecule has 4 nitrogen and oxygen atoms in total. The number of esters is 1. The smallest absolute Gasteiger partial charge is 0.320 e. The molecule has 0 fully saturated rings. The zero-order valence-corrected chi connectivity index (χ0v) is 12.0. The second kappa shape index (κ2) is 7.45. The van der Waals surface area contributed by atoms with E-state index in [-0.39, 0.29) is 30.9 Å². The van der Waals surface area contributed by atoms with Crippen LogP contribution in [0.1, 0.15) is 24.1 Å². The van der Waals surface area contributed by atoms with Gasteiger partial charge in [0.25, 0.3) is 0 Å². The first-order valence-corrected chi connectivity index (χ1v) is 6.87. The third-order valence-electron chi connectivity index (χ3n) is 3.19. The summed E-state index contributed by atoms with van der Waals surface area (Å²) in [5, 5.41) is 12.3. The number of phenols is 1. The van der Waals surface area contributed by atoms with Crippen LogP contribution in [0.15, 0.2) is 54.6 Å². The van der Waals surface area contributed by atoms with Crippen molar-refractivity contribution in [2.75, 3.05) is 6.54 Å². The van der Waals surface area contributed by atoms with Crippen molar-refractivity contribution in [2.45, 2.75) is 19.6 Å². The van der Waals surface area contributed by atoms with Gasteiger partial charge in [-0.2, -0.15) is 0 Å². The largest absolute Gasteiger partial charge is 0.508 e. The number of carbonyl (C=O) groups is 1. The van der Waals surface area contributed by atoms with E-state index in [1.54, 1.807) is 12.1 Å². The molecule has 0 amide bonds. The zero-order valence-electron chi connectivity index (χ0n) is 12.0. The molecule has 0 aromatic heterocycles. The quantitative estimate of drug-likeness (QED) is 0.801. The van der Waals surface area contributed by atoms with E-state index in [2.05, 4.69) is 5.32 Å². The Bertz CT molecular complexity index is 566. The molecular formula is C17H19NO3. The van der Waals surface area contributed by atoms with Gasteiger partial charge < -0.3 is 15.2 Å². The van der Waals surface area contributed by atoms with E-state index in [0.717, 1.165) is 11.1 Å². The van der Waals surface area contributed by atoms with Crippen molar-refractivity contribution in [3.05, 3.63) is 65.7 Å². The molecule has 1 atom stereocenters. The molecule has 0 aliphatic rings. The van der Waals surface area contributed by atoms with Gasteiger partial charge in [0.2, 0.25) is 0 Å². The van der Waals surface area contributed by atoms with Crippen molar-refractivity contribution < 1.29 is 14.6 Å². The molecule has 0 heterocycles. The lowest BCUT2D eigenvalue weighted by atomic mass is 10.1. The molecule has 2 N–H and O–H groups in total. The Kier molecular flexibility index (Phi) is 5.35. The topological polar surface area (TPSA) is 58.6 Å². The summed E-state index contributed by atoms with van der Waals surface area (Å²) >= 11 is 0. The van der Waals surface area contributed by atoms with E-state index in [1.807, 2.05) is 49.4 Å². The second-order valence-corrected chi connectivity index (χ2v) is 4.84. The van der Waals surface area contributed by atoms with Crippen molar-refractivity contribution >= 4 is 5.97 Å². The van der Waals surface area contributed by atoms with Crippen LogP contribution in [-0.2, 0) is 16.1 Å². The second-order valence-electron chi connectivity index (χ2n) is 4.84. The fraction of sp³-hybridized carbons (Fsp3) is 0.235. The van der Waals surface area contributed by atoms with Crippen LogP contribution in [0.2, 0.25) is 0 Å². The lowest BCUT2D eigenvalue weighted by Gasteiger charge is -2.14. The van der Waals surface area contributed by atoms with E-state index in [9.17, 15) is 9.90 Å². The van der Waals surface area contributed by atoms with Crippen LogP contribution in [0.5, 0.6) is 5.75 Å². The van der Waals surface area contributed by atoms with Gasteiger partial charge in [-0.3, -0.25) is 4.79 Å². The number of nitrogens with one attached hydrogen (secondary N) is 1. The summed E-state index contributed by atoms with van der Waals surface area (Å²) in [4.78, 5) is 11.7. The first-order chi connectivity index (χ1) is 10.1. The summed E-state index contributed by atoms with van der Waals surface area (Å²) in [6.45, 7) is 2.39. The van der Waals surface area contributed by atoms with Crippen LogP contribution < -0.4 is 5.32 Å². The SMILES string of the molecule is C[C@H](NCC(=O)OCc1ccccc1)c1ccc(O)cc1. The first-order valence-electron chi connectivity index (χ1n) is 6.87. The van der Waals surface area contributed by atoms with E-state index in [0.29, 0.717) is 0 Å². The van der Waals surface area contributed by atoms with Gasteiger partial charge in [0.05, 0.1) is 6.54 Å². The van der Waals surface area contributed by atoms with Gasteiger partial charge in [-0.05, 0) is 30.2 Å². The third kappa shape index (κ3) is 4.93. The van der Waals surface area contributed by atoms with Crippen molar-refractivity contribution in [2.24, 2.45) is 0 Å². The molecule has 110 valence electrons. The minimum absolute atomic E-state index is 0.00914. The van der Waals surface area contributed by atoms with Crippen molar-refractivity contribution in [1.82, 2.24) is 5.32 Å². The molecule has 0 unspecified atom stereocenters. The Morgan fingerprint density at radius 1 is 1.14 bits per heavy atom. The minimum atomic E-state index is -0.288. The molecule has 2 aromatic carbocycles. The summed E-state index contributed by atoms with van der Waals surface area (Å²) < 4.78 is 5.19. The fourth-order valence-electron chi connectivity index (χ4n) is 1.91. The predicted octanol–water partition coefficient (Wildman–Crippen LogP) is 2.79. The van der Waals surface area contributed by atoms with Crippen LogP contribution in [0.3, 0.4) is 0 Å². The van der Waals surface area contributed by atoms with Gasteiger partial charge in [-0.15, -0.1) is 0 Å². The van der Waals surface area contributed by atoms with E-state index in [1.165, 1.54) is 0 Å². The maximum absolute atomic E-state index is 11.7. The predicted molar refractivity (Wildman–Crippen MR) is 80.8 cm³/mol. The molecule has 2 aromatic rings. The average molecular weight is 285 g/mol. The third-order valence-corrected chi connectivity index (χ3v) is 3.19. The Morgan fingerprint density at radius 3 is 2.48 bits per heavy atom. The highest BCUT2D eigenvalue weighted by atomic mass is 16.5. The number of phenolic OH excluding ortho intramolecular Hbond substituents is 1. The Hall–Kier alpha value is -2.33. The van der Waals surface area contributed by atoms with Gasteiger partial charge >= 0.3 is 5.97 Å². The summed E-state index contributed by atoms with van der Waals surface area (Å²) in [7, 11) is 0. The molecule has 2 rings (SSSR count). The van der Waals surface area contributed by atoms with Crippen LogP contribution in [0.25, 0.3) is 0 Å². The molecule has 0 spiro atoms. The Balaban J connectivity index is 1.74. The van der Waals surface area contributed by atoms with E-state index in [4.69, 9.17) is 4.74 Å². The lowest BCUT2D eigenvalue weighted by Crippen LogP contribution is -2.27. The van der Waals surface area contributed by atoms with Gasteiger partial charge in [0, 0.05) is 6.04 Å². The molecule has 0 aliphatic carbocycles. The van der Waals surface area contributed by atoms with Crippen molar-refractivity contribution in [3.8, 4) is 5.75 Å². The number of hydrogen-bond acceptors (Lipinski definition) is 4. The standard InChI is InChI=1S/C17H19NO3/c1-13(15-7-9-16(19)10-8-15)18-11-17(20)21-12-14-5-3-2-4-6-14/h2-10,13,18-19H,11-12H2,1H3/t13-/m0/s1. The Morgan fingerprint density at radius 2 is 1.81 bits per heavy atom. The number of aromatic hydroxyl groups is 1. The molecule has 21 heavy (non-hydrogen) atoms. The summed E-state index contributed by atoms with van der Waals surface area (Å²) in [5.74, 6) is -0.0577. The van der Waals surface area contributed by atoms with E-state index >= 15 is 0 Å². The highest BCUT2D eigenvalue weighted by Gasteiger charge is 2.08. The summed E-state index contributed by atoms with van der Waals surface area (Å²) in [5.41, 5.74) is 1.97. The van der Waals surface area contributed by atoms with Gasteiger partial charge in [-0.25, -0.2) is 0 Å². The highest BCUT2D eigenvalue weighted by Crippen LogP contribution is 2.16. The van der Waals surface area contributed by atoms with Gasteiger partial charge in [0.1, 0.15) is 12.4 Å². The average Bonchev–Trinajstić information content (AvgIpc) is 2.52. The monoisotopic (exact) mass is 285 g/mol. The molecular weight excluding hydrogens is 266 g/mol. The van der Waals surface area contributed by atoms with Crippen molar-refractivity contribution in [3.63, 3.8) is 0 Å². The summed E-state index contributed by atoms with van der Waals surface area (Å²) in [6.07, 6.45) is 0. The number of ether oxygens (including phenoxy) is 1. The van der Waals surface area contributed by atoms with Crippen molar-refractivity contribution in [1.29, 1.82) is 0 Å². The number of rotatable bonds is 6. The van der Waals surface area contributed by atoms with Crippen LogP contribution in [0, 0.1) is 0 Å². The maximum atomic E-state index is 11.7. The molecule has 0 saturated carbocycles. The van der Waals surface area contributed by atoms with Crippen LogP contribution in [-0.4, -0.2) is 17.6 Å². The normalized spacial score (nSPS) is 11.9. The minimum Gasteiger partial charge on any atom is -0.508 e. The van der Waals surface area contributed by atoms with Gasteiger partial charge in [-0.1, -0.05) is 42.5 Å². The number of benzene rings is 2. The molecule has 0 radical (unpaired) electrons. The summed E-state index contributed by atoms with van der Waals surface area (Å²) in [6, 6.07) is 16.5. The first kappa shape index (κ1) is 15.1. The number of hydrogen-bond donors (Lipinski definition) is 2. The zero-order chi connectivity index (χ0) is 15.1. The Labute approximate surface area is 124 Å².